The number of phenols is 1. The zero-order chi connectivity index (χ0) is 17.9. The lowest BCUT2D eigenvalue weighted by atomic mass is 10.0. The predicted octanol–water partition coefficient (Wildman–Crippen LogP) is 5.03. The van der Waals surface area contributed by atoms with Gasteiger partial charge in [0.25, 0.3) is 0 Å². The molecular formula is C21H15NO3S. The molecule has 5 heteroatoms. The van der Waals surface area contributed by atoms with Gasteiger partial charge in [-0.2, -0.15) is 0 Å². The Bertz CT molecular complexity index is 1020. The van der Waals surface area contributed by atoms with Crippen LogP contribution in [0.4, 0.5) is 0 Å². The summed E-state index contributed by atoms with van der Waals surface area (Å²) in [4.78, 5) is 16.7. The average Bonchev–Trinajstić information content (AvgIpc) is 3.10. The van der Waals surface area contributed by atoms with E-state index >= 15 is 0 Å². The number of aromatic nitrogens is 1. The molecule has 1 aromatic heterocycles. The van der Waals surface area contributed by atoms with Crippen molar-refractivity contribution in [2.75, 3.05) is 0 Å². The summed E-state index contributed by atoms with van der Waals surface area (Å²) in [5, 5.41) is 10.1. The third kappa shape index (κ3) is 3.43. The van der Waals surface area contributed by atoms with E-state index in [1.165, 1.54) is 11.3 Å². The topological polar surface area (TPSA) is 59.4 Å². The number of esters is 1. The van der Waals surface area contributed by atoms with Gasteiger partial charge in [0.05, 0.1) is 15.8 Å². The Balaban J connectivity index is 1.43. The molecule has 0 spiro atoms. The standard InChI is InChI=1S/C21H15NO3S/c23-17-11-9-15(10-12-17)14-5-7-16(8-6-14)21(24)25-13-20-22-18-3-1-2-4-19(18)26-20/h1-12,23H,13H2. The van der Waals surface area contributed by atoms with Crippen LogP contribution in [0.25, 0.3) is 21.3 Å². The molecule has 0 fully saturated rings. The van der Waals surface area contributed by atoms with Gasteiger partial charge in [0.1, 0.15) is 17.4 Å². The Hall–Kier alpha value is -3.18. The normalized spacial score (nSPS) is 10.8. The van der Waals surface area contributed by atoms with Crippen LogP contribution in [-0.2, 0) is 11.3 Å². The van der Waals surface area contributed by atoms with Gasteiger partial charge >= 0.3 is 5.97 Å². The van der Waals surface area contributed by atoms with Crippen molar-refractivity contribution in [1.29, 1.82) is 0 Å². The van der Waals surface area contributed by atoms with Gasteiger partial charge in [0.2, 0.25) is 0 Å². The highest BCUT2D eigenvalue weighted by atomic mass is 32.1. The summed E-state index contributed by atoms with van der Waals surface area (Å²) in [6.07, 6.45) is 0. The van der Waals surface area contributed by atoms with Crippen LogP contribution in [0, 0.1) is 0 Å². The van der Waals surface area contributed by atoms with E-state index in [-0.39, 0.29) is 18.3 Å². The maximum absolute atomic E-state index is 12.2. The van der Waals surface area contributed by atoms with Crippen LogP contribution in [0.15, 0.2) is 72.8 Å². The maximum Gasteiger partial charge on any atom is 0.338 e. The fourth-order valence-electron chi connectivity index (χ4n) is 2.64. The second-order valence-electron chi connectivity index (χ2n) is 5.78. The molecule has 4 rings (SSSR count). The molecule has 0 saturated carbocycles. The minimum absolute atomic E-state index is 0.165. The quantitative estimate of drug-likeness (QED) is 0.518. The Morgan fingerprint density at radius 3 is 2.27 bits per heavy atom. The lowest BCUT2D eigenvalue weighted by Gasteiger charge is -2.05. The third-order valence-corrected chi connectivity index (χ3v) is 5.00. The van der Waals surface area contributed by atoms with Crippen LogP contribution in [0.2, 0.25) is 0 Å². The third-order valence-electron chi connectivity index (χ3n) is 3.99. The molecule has 0 unspecified atom stereocenters. The molecule has 0 amide bonds. The van der Waals surface area contributed by atoms with Crippen molar-refractivity contribution in [1.82, 2.24) is 4.98 Å². The first-order chi connectivity index (χ1) is 12.7. The number of thiazole rings is 1. The Labute approximate surface area is 154 Å². The van der Waals surface area contributed by atoms with Crippen molar-refractivity contribution in [3.05, 3.63) is 83.4 Å². The number of phenolic OH excluding ortho intramolecular Hbond substituents is 1. The van der Waals surface area contributed by atoms with E-state index in [9.17, 15) is 9.90 Å². The fourth-order valence-corrected chi connectivity index (χ4v) is 3.53. The number of benzene rings is 3. The first kappa shape index (κ1) is 16.3. The molecule has 0 aliphatic heterocycles. The highest BCUT2D eigenvalue weighted by molar-refractivity contribution is 7.18. The molecule has 0 saturated heterocycles. The van der Waals surface area contributed by atoms with Gasteiger partial charge in [-0.1, -0.05) is 36.4 Å². The Morgan fingerprint density at radius 2 is 1.58 bits per heavy atom. The summed E-state index contributed by atoms with van der Waals surface area (Å²) in [5.74, 6) is -0.148. The van der Waals surface area contributed by atoms with Gasteiger partial charge in [-0.05, 0) is 47.5 Å². The van der Waals surface area contributed by atoms with E-state index in [0.29, 0.717) is 5.56 Å². The number of hydrogen-bond donors (Lipinski definition) is 1. The minimum atomic E-state index is -0.374. The van der Waals surface area contributed by atoms with E-state index in [1.54, 1.807) is 24.3 Å². The van der Waals surface area contributed by atoms with Crippen LogP contribution >= 0.6 is 11.3 Å². The molecule has 1 N–H and O–H groups in total. The van der Waals surface area contributed by atoms with Crippen molar-refractivity contribution >= 4 is 27.5 Å². The number of hydrogen-bond acceptors (Lipinski definition) is 5. The monoisotopic (exact) mass is 361 g/mol. The molecule has 0 aliphatic carbocycles. The molecule has 4 nitrogen and oxygen atoms in total. The highest BCUT2D eigenvalue weighted by Crippen LogP contribution is 2.24. The van der Waals surface area contributed by atoms with Crippen LogP contribution in [0.3, 0.4) is 0 Å². The molecule has 128 valence electrons. The number of carbonyl (C=O) groups excluding carboxylic acids is 1. The maximum atomic E-state index is 12.2. The molecule has 4 aromatic rings. The van der Waals surface area contributed by atoms with Gasteiger partial charge in [0.15, 0.2) is 0 Å². The first-order valence-electron chi connectivity index (χ1n) is 8.10. The zero-order valence-electron chi connectivity index (χ0n) is 13.8. The Kier molecular flexibility index (Phi) is 4.37. The van der Waals surface area contributed by atoms with Crippen LogP contribution in [0.5, 0.6) is 5.75 Å². The summed E-state index contributed by atoms with van der Waals surface area (Å²) in [6, 6.07) is 22.0. The lowest BCUT2D eigenvalue weighted by Crippen LogP contribution is -2.04. The molecule has 0 bridgehead atoms. The van der Waals surface area contributed by atoms with E-state index < -0.39 is 0 Å². The zero-order valence-corrected chi connectivity index (χ0v) is 14.6. The summed E-state index contributed by atoms with van der Waals surface area (Å²) in [6.45, 7) is 0.165. The summed E-state index contributed by atoms with van der Waals surface area (Å²) in [5.41, 5.74) is 3.35. The van der Waals surface area contributed by atoms with Crippen molar-refractivity contribution in [3.63, 3.8) is 0 Å². The van der Waals surface area contributed by atoms with Crippen molar-refractivity contribution in [3.8, 4) is 16.9 Å². The number of carbonyl (C=O) groups is 1. The van der Waals surface area contributed by atoms with Crippen molar-refractivity contribution in [2.24, 2.45) is 0 Å². The van der Waals surface area contributed by atoms with Gasteiger partial charge in [-0.3, -0.25) is 0 Å². The molecule has 3 aromatic carbocycles. The van der Waals surface area contributed by atoms with E-state index in [4.69, 9.17) is 4.74 Å². The highest BCUT2D eigenvalue weighted by Gasteiger charge is 2.10. The van der Waals surface area contributed by atoms with Crippen LogP contribution < -0.4 is 0 Å². The average molecular weight is 361 g/mol. The SMILES string of the molecule is O=C(OCc1nc2ccccc2s1)c1ccc(-c2ccc(O)cc2)cc1. The number of ether oxygens (including phenoxy) is 1. The predicted molar refractivity (Wildman–Crippen MR) is 102 cm³/mol. The van der Waals surface area contributed by atoms with Crippen molar-refractivity contribution in [2.45, 2.75) is 6.61 Å². The van der Waals surface area contributed by atoms with Gasteiger partial charge in [-0.25, -0.2) is 9.78 Å². The number of aromatic hydroxyl groups is 1. The number of para-hydroxylation sites is 1. The molecule has 0 atom stereocenters. The smallest absolute Gasteiger partial charge is 0.338 e. The van der Waals surface area contributed by atoms with Crippen molar-refractivity contribution < 1.29 is 14.6 Å². The summed E-state index contributed by atoms with van der Waals surface area (Å²) < 4.78 is 6.46. The van der Waals surface area contributed by atoms with E-state index in [1.807, 2.05) is 48.5 Å². The summed E-state index contributed by atoms with van der Waals surface area (Å²) >= 11 is 1.53. The molecule has 0 radical (unpaired) electrons. The number of fused-ring (bicyclic) bond motifs is 1. The fraction of sp³-hybridized carbons (Fsp3) is 0.0476. The van der Waals surface area contributed by atoms with Gasteiger partial charge in [-0.15, -0.1) is 11.3 Å². The van der Waals surface area contributed by atoms with Crippen LogP contribution in [0.1, 0.15) is 15.4 Å². The molecule has 26 heavy (non-hydrogen) atoms. The van der Waals surface area contributed by atoms with Crippen LogP contribution in [-0.4, -0.2) is 16.1 Å². The van der Waals surface area contributed by atoms with Gasteiger partial charge < -0.3 is 9.84 Å². The molecule has 0 aliphatic rings. The summed E-state index contributed by atoms with van der Waals surface area (Å²) in [7, 11) is 0. The Morgan fingerprint density at radius 1 is 0.923 bits per heavy atom. The minimum Gasteiger partial charge on any atom is -0.508 e. The van der Waals surface area contributed by atoms with E-state index in [0.717, 1.165) is 26.4 Å². The molecular weight excluding hydrogens is 346 g/mol. The molecule has 1 heterocycles. The van der Waals surface area contributed by atoms with E-state index in [2.05, 4.69) is 4.98 Å². The first-order valence-corrected chi connectivity index (χ1v) is 8.92. The largest absolute Gasteiger partial charge is 0.508 e. The second-order valence-corrected chi connectivity index (χ2v) is 6.89. The number of nitrogens with zero attached hydrogens (tertiary/aromatic N) is 1. The second kappa shape index (κ2) is 6.98. The lowest BCUT2D eigenvalue weighted by molar-refractivity contribution is 0.0472. The van der Waals surface area contributed by atoms with Gasteiger partial charge in [0, 0.05) is 0 Å². The number of rotatable bonds is 4.